The summed E-state index contributed by atoms with van der Waals surface area (Å²) < 4.78 is 1.90. The van der Waals surface area contributed by atoms with E-state index in [0.717, 1.165) is 18.5 Å². The maximum atomic E-state index is 6.16. The lowest BCUT2D eigenvalue weighted by atomic mass is 9.84. The van der Waals surface area contributed by atoms with Gasteiger partial charge in [0.25, 0.3) is 0 Å². The van der Waals surface area contributed by atoms with E-state index in [4.69, 9.17) is 5.73 Å². The first kappa shape index (κ1) is 19.8. The van der Waals surface area contributed by atoms with Crippen LogP contribution in [0.25, 0.3) is 27.1 Å². The molecule has 6 heteroatoms. The quantitative estimate of drug-likeness (QED) is 0.428. The number of nitrogens with two attached hydrogens (primary N) is 1. The van der Waals surface area contributed by atoms with Gasteiger partial charge in [-0.15, -0.1) is 11.3 Å². The van der Waals surface area contributed by atoms with E-state index in [-0.39, 0.29) is 0 Å². The molecule has 158 valence electrons. The van der Waals surface area contributed by atoms with Gasteiger partial charge in [0.1, 0.15) is 11.2 Å². The van der Waals surface area contributed by atoms with Crippen molar-refractivity contribution >= 4 is 27.2 Å². The predicted molar refractivity (Wildman–Crippen MR) is 126 cm³/mol. The molecule has 5 rings (SSSR count). The van der Waals surface area contributed by atoms with E-state index in [1.54, 1.807) is 11.2 Å². The molecule has 4 heterocycles. The minimum atomic E-state index is 0.391. The third-order valence-corrected chi connectivity index (χ3v) is 8.45. The number of hydrogen-bond donors (Lipinski definition) is 2. The Bertz CT molecular complexity index is 1230. The first-order valence-corrected chi connectivity index (χ1v) is 11.9. The highest BCUT2D eigenvalue weighted by molar-refractivity contribution is 7.19. The predicted octanol–water partition coefficient (Wildman–Crippen LogP) is 5.97. The van der Waals surface area contributed by atoms with Gasteiger partial charge in [0.15, 0.2) is 5.65 Å². The molecule has 1 aliphatic rings. The highest BCUT2D eigenvalue weighted by atomic mass is 32.1. The van der Waals surface area contributed by atoms with Crippen molar-refractivity contribution < 1.29 is 0 Å². The zero-order valence-electron chi connectivity index (χ0n) is 18.5. The van der Waals surface area contributed by atoms with Gasteiger partial charge in [-0.1, -0.05) is 13.8 Å². The fraction of sp³-hybridized carbons (Fsp3) is 0.500. The smallest absolute Gasteiger partial charge is 0.158 e. The van der Waals surface area contributed by atoms with Crippen LogP contribution in [0.4, 0.5) is 0 Å². The van der Waals surface area contributed by atoms with Crippen molar-refractivity contribution in [2.45, 2.75) is 78.2 Å². The number of hydrogen-bond acceptors (Lipinski definition) is 4. The number of fused-ring (bicyclic) bond motifs is 2. The highest BCUT2D eigenvalue weighted by Crippen LogP contribution is 2.47. The average Bonchev–Trinajstić information content (AvgIpc) is 3.40. The van der Waals surface area contributed by atoms with Crippen LogP contribution < -0.4 is 5.73 Å². The van der Waals surface area contributed by atoms with Gasteiger partial charge in [0.05, 0.1) is 5.69 Å². The average molecular weight is 422 g/mol. The Kier molecular flexibility index (Phi) is 4.75. The number of aromatic nitrogens is 4. The van der Waals surface area contributed by atoms with Crippen LogP contribution in [0, 0.1) is 20.8 Å². The first-order chi connectivity index (χ1) is 14.4. The number of nitrogens with zero attached hydrogens (tertiary/aromatic N) is 3. The van der Waals surface area contributed by atoms with Crippen LogP contribution >= 0.6 is 11.3 Å². The molecule has 1 aliphatic carbocycles. The summed E-state index contributed by atoms with van der Waals surface area (Å²) in [4.78, 5) is 11.1. The van der Waals surface area contributed by atoms with Crippen molar-refractivity contribution in [1.82, 2.24) is 19.6 Å². The standard InChI is InChI=1S/C24H31N5S/c1-12(2)19-20-15(5)22(16-6-8-17(25)9-7-16)30-24(20)28-21(19)18-10-29-23(26-11-27-29)14(4)13(18)3/h10-12,16-17,28H,6-9,25H2,1-5H3. The first-order valence-electron chi connectivity index (χ1n) is 11.1. The van der Waals surface area contributed by atoms with E-state index in [0.29, 0.717) is 17.9 Å². The van der Waals surface area contributed by atoms with Crippen LogP contribution in [0.3, 0.4) is 0 Å². The molecule has 0 aromatic carbocycles. The Hall–Kier alpha value is -2.18. The summed E-state index contributed by atoms with van der Waals surface area (Å²) in [6.07, 6.45) is 8.50. The number of rotatable bonds is 3. The summed E-state index contributed by atoms with van der Waals surface area (Å²) >= 11 is 1.96. The lowest BCUT2D eigenvalue weighted by molar-refractivity contribution is 0.398. The molecular weight excluding hydrogens is 390 g/mol. The molecule has 0 radical (unpaired) electrons. The Morgan fingerprint density at radius 1 is 1.10 bits per heavy atom. The molecule has 0 unspecified atom stereocenters. The molecule has 1 fully saturated rings. The van der Waals surface area contributed by atoms with Crippen molar-refractivity contribution in [1.29, 1.82) is 0 Å². The second kappa shape index (κ2) is 7.20. The maximum absolute atomic E-state index is 6.16. The SMILES string of the molecule is Cc1c(-c2[nH]c3sc(C4CCC(N)CC4)c(C)c3c2C(C)C)cn2ncnc2c1C. The summed E-state index contributed by atoms with van der Waals surface area (Å²) in [7, 11) is 0. The van der Waals surface area contributed by atoms with E-state index in [1.165, 1.54) is 56.6 Å². The van der Waals surface area contributed by atoms with Gasteiger partial charge in [0.2, 0.25) is 0 Å². The van der Waals surface area contributed by atoms with Crippen molar-refractivity contribution in [3.63, 3.8) is 0 Å². The van der Waals surface area contributed by atoms with E-state index >= 15 is 0 Å². The molecule has 0 spiro atoms. The minimum absolute atomic E-state index is 0.391. The van der Waals surface area contributed by atoms with E-state index in [9.17, 15) is 0 Å². The van der Waals surface area contributed by atoms with Crippen molar-refractivity contribution in [3.05, 3.63) is 39.7 Å². The monoisotopic (exact) mass is 421 g/mol. The third kappa shape index (κ3) is 2.92. The summed E-state index contributed by atoms with van der Waals surface area (Å²) in [6, 6.07) is 0.391. The number of H-pyrrole nitrogens is 1. The summed E-state index contributed by atoms with van der Waals surface area (Å²) in [5, 5.41) is 5.84. The fourth-order valence-corrected chi connectivity index (χ4v) is 6.66. The second-order valence-electron chi connectivity index (χ2n) is 9.30. The van der Waals surface area contributed by atoms with Crippen molar-refractivity contribution in [3.8, 4) is 11.3 Å². The summed E-state index contributed by atoms with van der Waals surface area (Å²) in [5.74, 6) is 1.09. The number of nitrogens with one attached hydrogen (secondary N) is 1. The van der Waals surface area contributed by atoms with E-state index < -0.39 is 0 Å². The van der Waals surface area contributed by atoms with Crippen LogP contribution in [0.1, 0.15) is 78.5 Å². The maximum Gasteiger partial charge on any atom is 0.158 e. The minimum Gasteiger partial charge on any atom is -0.346 e. The molecule has 1 saturated carbocycles. The topological polar surface area (TPSA) is 72.0 Å². The van der Waals surface area contributed by atoms with Crippen molar-refractivity contribution in [2.75, 3.05) is 0 Å². The van der Waals surface area contributed by atoms with Gasteiger partial charge in [-0.05, 0) is 80.5 Å². The lowest BCUT2D eigenvalue weighted by Gasteiger charge is -2.26. The van der Waals surface area contributed by atoms with Crippen LogP contribution in [0.5, 0.6) is 0 Å². The zero-order valence-corrected chi connectivity index (χ0v) is 19.4. The van der Waals surface area contributed by atoms with Gasteiger partial charge in [0, 0.05) is 28.1 Å². The molecular formula is C24H31N5S. The van der Waals surface area contributed by atoms with E-state index in [2.05, 4.69) is 55.9 Å². The Labute approximate surface area is 181 Å². The van der Waals surface area contributed by atoms with Gasteiger partial charge in [-0.3, -0.25) is 0 Å². The van der Waals surface area contributed by atoms with Gasteiger partial charge >= 0.3 is 0 Å². The van der Waals surface area contributed by atoms with E-state index in [1.807, 2.05) is 15.9 Å². The van der Waals surface area contributed by atoms with Crippen LogP contribution in [-0.4, -0.2) is 25.6 Å². The molecule has 4 aromatic heterocycles. The molecule has 3 N–H and O–H groups in total. The molecule has 0 aliphatic heterocycles. The molecule has 0 bridgehead atoms. The van der Waals surface area contributed by atoms with Crippen LogP contribution in [-0.2, 0) is 0 Å². The number of pyridine rings is 1. The number of thiophene rings is 1. The normalized spacial score (nSPS) is 20.1. The zero-order chi connectivity index (χ0) is 21.2. The summed E-state index contributed by atoms with van der Waals surface area (Å²) in [5.41, 5.74) is 14.9. The lowest BCUT2D eigenvalue weighted by Crippen LogP contribution is -2.25. The Balaban J connectivity index is 1.69. The van der Waals surface area contributed by atoms with Gasteiger partial charge in [-0.2, -0.15) is 5.10 Å². The van der Waals surface area contributed by atoms with Gasteiger partial charge in [-0.25, -0.2) is 9.50 Å². The Morgan fingerprint density at radius 3 is 2.53 bits per heavy atom. The summed E-state index contributed by atoms with van der Waals surface area (Å²) in [6.45, 7) is 11.3. The Morgan fingerprint density at radius 2 is 1.83 bits per heavy atom. The molecule has 5 nitrogen and oxygen atoms in total. The van der Waals surface area contributed by atoms with Crippen molar-refractivity contribution in [2.24, 2.45) is 5.73 Å². The highest BCUT2D eigenvalue weighted by Gasteiger charge is 2.28. The molecule has 0 amide bonds. The largest absolute Gasteiger partial charge is 0.346 e. The molecule has 0 saturated heterocycles. The second-order valence-corrected chi connectivity index (χ2v) is 10.3. The molecule has 0 atom stereocenters. The number of aromatic amines is 1. The molecule has 4 aromatic rings. The van der Waals surface area contributed by atoms with Crippen LogP contribution in [0.15, 0.2) is 12.5 Å². The molecule has 30 heavy (non-hydrogen) atoms. The van der Waals surface area contributed by atoms with Crippen LogP contribution in [0.2, 0.25) is 0 Å². The number of aryl methyl sites for hydroxylation is 2. The van der Waals surface area contributed by atoms with Gasteiger partial charge < -0.3 is 10.7 Å². The fourth-order valence-electron chi connectivity index (χ4n) is 5.26. The third-order valence-electron chi connectivity index (χ3n) is 7.08.